The highest BCUT2D eigenvalue weighted by Crippen LogP contribution is 2.48. The van der Waals surface area contributed by atoms with Crippen molar-refractivity contribution in [1.29, 1.82) is 0 Å². The molecular formula is C33H35N5O3. The van der Waals surface area contributed by atoms with E-state index in [1.807, 2.05) is 64.2 Å². The fourth-order valence-corrected chi connectivity index (χ4v) is 6.97. The summed E-state index contributed by atoms with van der Waals surface area (Å²) in [5, 5.41) is 3.86. The molecule has 2 aliphatic heterocycles. The maximum atomic E-state index is 13.7. The van der Waals surface area contributed by atoms with Crippen molar-refractivity contribution in [2.45, 2.75) is 65.1 Å². The van der Waals surface area contributed by atoms with Crippen LogP contribution in [-0.4, -0.2) is 50.9 Å². The van der Waals surface area contributed by atoms with Gasteiger partial charge in [0.05, 0.1) is 17.5 Å². The van der Waals surface area contributed by atoms with Gasteiger partial charge in [0.2, 0.25) is 5.91 Å². The molecule has 4 aliphatic rings. The van der Waals surface area contributed by atoms with Gasteiger partial charge >= 0.3 is 6.03 Å². The average molecular weight is 550 g/mol. The van der Waals surface area contributed by atoms with Gasteiger partial charge in [0, 0.05) is 29.1 Å². The maximum Gasteiger partial charge on any atom is 0.328 e. The quantitative estimate of drug-likeness (QED) is 0.405. The van der Waals surface area contributed by atoms with E-state index in [4.69, 9.17) is 4.98 Å². The zero-order chi connectivity index (χ0) is 29.1. The number of urea groups is 1. The standard InChI is InChI=1S/C33H35N5O3/c1-6-10-26-28(34-5)36-29(39)33(26)16-23-14-22-13-21(18-35-27(22)15-24(23)17-33)19-37-31(41)38(20(2)3)30(40)32(37,4)25-11-8-7-9-12-25/h6-11,13-15,18,20,25H,5,12,16-17,19H2,1-4H3,(H,36,39). The first kappa shape index (κ1) is 26.9. The molecule has 2 aromatic rings. The molecule has 1 fully saturated rings. The molecule has 0 radical (unpaired) electrons. The van der Waals surface area contributed by atoms with Crippen molar-refractivity contribution in [3.05, 3.63) is 88.9 Å². The second-order valence-corrected chi connectivity index (χ2v) is 11.9. The summed E-state index contributed by atoms with van der Waals surface area (Å²) < 4.78 is 0. The van der Waals surface area contributed by atoms with Gasteiger partial charge in [-0.2, -0.15) is 0 Å². The second kappa shape index (κ2) is 9.65. The number of benzene rings is 1. The third kappa shape index (κ3) is 3.91. The summed E-state index contributed by atoms with van der Waals surface area (Å²) in [6.07, 6.45) is 15.5. The maximum absolute atomic E-state index is 13.7. The van der Waals surface area contributed by atoms with E-state index in [0.717, 1.165) is 33.2 Å². The average Bonchev–Trinajstić information content (AvgIpc) is 3.52. The van der Waals surface area contributed by atoms with Crippen LogP contribution in [0.25, 0.3) is 10.9 Å². The number of pyridine rings is 1. The van der Waals surface area contributed by atoms with Crippen molar-refractivity contribution in [1.82, 2.24) is 20.1 Å². The lowest BCUT2D eigenvalue weighted by molar-refractivity contribution is -0.135. The van der Waals surface area contributed by atoms with Crippen LogP contribution in [0.4, 0.5) is 4.79 Å². The number of allylic oxidation sites excluding steroid dienone is 5. The molecular weight excluding hydrogens is 514 g/mol. The van der Waals surface area contributed by atoms with Crippen LogP contribution in [0.3, 0.4) is 0 Å². The van der Waals surface area contributed by atoms with E-state index in [1.54, 1.807) is 11.1 Å². The summed E-state index contributed by atoms with van der Waals surface area (Å²) in [6.45, 7) is 11.5. The van der Waals surface area contributed by atoms with Crippen molar-refractivity contribution in [3.8, 4) is 0 Å². The first-order chi connectivity index (χ1) is 19.6. The molecule has 210 valence electrons. The number of hydrogen-bond acceptors (Lipinski definition) is 5. The van der Waals surface area contributed by atoms with E-state index < -0.39 is 11.0 Å². The molecule has 6 rings (SSSR count). The number of carbonyl (C=O) groups is 3. The van der Waals surface area contributed by atoms with Gasteiger partial charge in [-0.25, -0.2) is 9.79 Å². The van der Waals surface area contributed by atoms with Crippen molar-refractivity contribution in [2.24, 2.45) is 16.3 Å². The lowest BCUT2D eigenvalue weighted by Gasteiger charge is -2.37. The minimum Gasteiger partial charge on any atom is -0.310 e. The number of fused-ring (bicyclic) bond motifs is 2. The van der Waals surface area contributed by atoms with E-state index in [1.165, 1.54) is 4.90 Å². The molecule has 4 amide bonds. The fourth-order valence-electron chi connectivity index (χ4n) is 6.97. The molecule has 1 aromatic heterocycles. The Bertz CT molecular complexity index is 1630. The summed E-state index contributed by atoms with van der Waals surface area (Å²) in [4.78, 5) is 52.5. The van der Waals surface area contributed by atoms with Gasteiger partial charge in [-0.1, -0.05) is 36.5 Å². The lowest BCUT2D eigenvalue weighted by atomic mass is 9.78. The third-order valence-corrected chi connectivity index (χ3v) is 9.18. The number of rotatable bonds is 6. The Morgan fingerprint density at radius 1 is 1.17 bits per heavy atom. The zero-order valence-corrected chi connectivity index (χ0v) is 24.0. The smallest absolute Gasteiger partial charge is 0.310 e. The number of carbonyl (C=O) groups excluding carboxylic acids is 3. The molecule has 1 saturated heterocycles. The monoisotopic (exact) mass is 549 g/mol. The number of aliphatic imine (C=N–C) groups is 1. The van der Waals surface area contributed by atoms with E-state index in [0.29, 0.717) is 25.1 Å². The number of aromatic nitrogens is 1. The first-order valence-electron chi connectivity index (χ1n) is 14.2. The molecule has 2 aliphatic carbocycles. The largest absolute Gasteiger partial charge is 0.328 e. The van der Waals surface area contributed by atoms with Crippen LogP contribution in [0.5, 0.6) is 0 Å². The summed E-state index contributed by atoms with van der Waals surface area (Å²) in [5.74, 6) is 0.192. The predicted molar refractivity (Wildman–Crippen MR) is 159 cm³/mol. The van der Waals surface area contributed by atoms with E-state index in [-0.39, 0.29) is 36.3 Å². The van der Waals surface area contributed by atoms with Gasteiger partial charge in [-0.15, -0.1) is 0 Å². The number of hydrogen-bond donors (Lipinski definition) is 1. The number of imide groups is 1. The van der Waals surface area contributed by atoms with Gasteiger partial charge in [-0.3, -0.25) is 19.5 Å². The molecule has 3 heterocycles. The zero-order valence-electron chi connectivity index (χ0n) is 24.0. The van der Waals surface area contributed by atoms with Crippen LogP contribution in [0.15, 0.2) is 77.2 Å². The number of nitrogens with zero attached hydrogens (tertiary/aromatic N) is 4. The Morgan fingerprint density at radius 2 is 1.93 bits per heavy atom. The van der Waals surface area contributed by atoms with Gasteiger partial charge in [-0.05, 0) is 88.6 Å². The minimum atomic E-state index is -0.996. The normalized spacial score (nSPS) is 27.4. The van der Waals surface area contributed by atoms with Crippen LogP contribution in [-0.2, 0) is 29.0 Å². The lowest BCUT2D eigenvalue weighted by Crippen LogP contribution is -2.52. The van der Waals surface area contributed by atoms with Gasteiger partial charge < -0.3 is 10.2 Å². The van der Waals surface area contributed by atoms with Crippen LogP contribution < -0.4 is 5.32 Å². The van der Waals surface area contributed by atoms with E-state index >= 15 is 0 Å². The molecule has 1 spiro atoms. The fraction of sp³-hybridized carbons (Fsp3) is 0.364. The van der Waals surface area contributed by atoms with E-state index in [2.05, 4.69) is 35.2 Å². The van der Waals surface area contributed by atoms with Crippen molar-refractivity contribution >= 4 is 35.5 Å². The Morgan fingerprint density at radius 3 is 2.59 bits per heavy atom. The predicted octanol–water partition coefficient (Wildman–Crippen LogP) is 5.00. The van der Waals surface area contributed by atoms with Crippen molar-refractivity contribution in [3.63, 3.8) is 0 Å². The van der Waals surface area contributed by atoms with Crippen LogP contribution >= 0.6 is 0 Å². The molecule has 8 heteroatoms. The molecule has 0 saturated carbocycles. The van der Waals surface area contributed by atoms with E-state index in [9.17, 15) is 14.4 Å². The topological polar surface area (TPSA) is 95.0 Å². The molecule has 1 N–H and O–H groups in total. The summed E-state index contributed by atoms with van der Waals surface area (Å²) in [5.41, 5.74) is 3.04. The molecule has 3 atom stereocenters. The van der Waals surface area contributed by atoms with Crippen LogP contribution in [0.2, 0.25) is 0 Å². The van der Waals surface area contributed by atoms with Crippen LogP contribution in [0, 0.1) is 11.3 Å². The van der Waals surface area contributed by atoms with Gasteiger partial charge in [0.1, 0.15) is 11.4 Å². The Balaban J connectivity index is 1.35. The molecule has 0 bridgehead atoms. The van der Waals surface area contributed by atoms with Crippen molar-refractivity contribution < 1.29 is 14.4 Å². The summed E-state index contributed by atoms with van der Waals surface area (Å²) in [6, 6.07) is 5.72. The van der Waals surface area contributed by atoms with Gasteiger partial charge in [0.25, 0.3) is 5.91 Å². The number of amides is 4. The van der Waals surface area contributed by atoms with Crippen LogP contribution in [0.1, 0.15) is 50.8 Å². The van der Waals surface area contributed by atoms with Gasteiger partial charge in [0.15, 0.2) is 0 Å². The highest BCUT2D eigenvalue weighted by Gasteiger charge is 2.58. The Labute approximate surface area is 240 Å². The van der Waals surface area contributed by atoms with Crippen molar-refractivity contribution in [2.75, 3.05) is 0 Å². The summed E-state index contributed by atoms with van der Waals surface area (Å²) >= 11 is 0. The molecule has 41 heavy (non-hydrogen) atoms. The highest BCUT2D eigenvalue weighted by atomic mass is 16.2. The Hall–Kier alpha value is -4.33. The minimum absolute atomic E-state index is 0.0558. The SMILES string of the molecule is C=NC1=C(C=CC)C2(Cc3cc4cc(CN5C(=O)N(C(C)C)C(=O)C5(C)C5C=CC=CC5)cnc4cc3C2)C(=O)N1. The molecule has 8 nitrogen and oxygen atoms in total. The highest BCUT2D eigenvalue weighted by molar-refractivity contribution is 6.07. The third-order valence-electron chi connectivity index (χ3n) is 9.18. The second-order valence-electron chi connectivity index (χ2n) is 11.9. The Kier molecular flexibility index (Phi) is 6.32. The molecule has 1 aromatic carbocycles. The molecule has 3 unspecified atom stereocenters. The number of nitrogens with one attached hydrogen (secondary N) is 1. The summed E-state index contributed by atoms with van der Waals surface area (Å²) in [7, 11) is 0. The first-order valence-corrected chi connectivity index (χ1v) is 14.2.